The van der Waals surface area contributed by atoms with Crippen LogP contribution in [0.5, 0.6) is 0 Å². The summed E-state index contributed by atoms with van der Waals surface area (Å²) in [6.07, 6.45) is 9.40. The summed E-state index contributed by atoms with van der Waals surface area (Å²) in [5, 5.41) is 0. The Labute approximate surface area is 173 Å². The monoisotopic (exact) mass is 424 g/mol. The molecule has 0 saturated heterocycles. The van der Waals surface area contributed by atoms with Crippen LogP contribution in [0.15, 0.2) is 11.6 Å². The highest BCUT2D eigenvalue weighted by atomic mass is 32.2. The van der Waals surface area contributed by atoms with Gasteiger partial charge in [-0.25, -0.2) is 0 Å². The van der Waals surface area contributed by atoms with Crippen molar-refractivity contribution in [2.75, 3.05) is 12.4 Å². The van der Waals surface area contributed by atoms with Crippen LogP contribution in [0.1, 0.15) is 65.2 Å². The van der Waals surface area contributed by atoms with Crippen molar-refractivity contribution >= 4 is 21.9 Å². The van der Waals surface area contributed by atoms with Gasteiger partial charge >= 0.3 is 5.97 Å². The molecule has 0 aromatic carbocycles. The lowest BCUT2D eigenvalue weighted by molar-refractivity contribution is -0.155. The van der Waals surface area contributed by atoms with E-state index in [-0.39, 0.29) is 23.9 Å². The third-order valence-electron chi connectivity index (χ3n) is 8.08. The first-order chi connectivity index (χ1) is 13.7. The summed E-state index contributed by atoms with van der Waals surface area (Å²) in [5.41, 5.74) is 1.28. The maximum absolute atomic E-state index is 12.3. The molecule has 3 saturated carbocycles. The summed E-state index contributed by atoms with van der Waals surface area (Å²) >= 11 is 0. The molecule has 0 amide bonds. The summed E-state index contributed by atoms with van der Waals surface area (Å²) in [6.45, 7) is 3.83. The lowest BCUT2D eigenvalue weighted by atomic mass is 9.52. The first kappa shape index (κ1) is 21.0. The molecule has 0 heterocycles. The van der Waals surface area contributed by atoms with Crippen molar-refractivity contribution in [3.8, 4) is 0 Å². The Bertz CT molecular complexity index is 815. The zero-order chi connectivity index (χ0) is 20.8. The normalized spacial score (nSPS) is 39.2. The fourth-order valence-corrected chi connectivity index (χ4v) is 7.68. The van der Waals surface area contributed by atoms with Crippen molar-refractivity contribution in [1.29, 1.82) is 0 Å². The number of rotatable bonds is 5. The van der Waals surface area contributed by atoms with Gasteiger partial charge in [0, 0.05) is 11.8 Å². The highest BCUT2D eigenvalue weighted by molar-refractivity contribution is 7.87. The highest BCUT2D eigenvalue weighted by Gasteiger charge is 2.57. The predicted molar refractivity (Wildman–Crippen MR) is 107 cm³/mol. The number of hydrogen-bond donors (Lipinski definition) is 0. The number of esters is 1. The second-order valence-electron chi connectivity index (χ2n) is 9.51. The predicted octanol–water partition coefficient (Wildman–Crippen LogP) is 3.41. The van der Waals surface area contributed by atoms with Crippen molar-refractivity contribution in [3.05, 3.63) is 11.6 Å². The number of allylic oxidation sites excluding steroid dienone is 1. The second-order valence-corrected chi connectivity index (χ2v) is 11.2. The Hall–Kier alpha value is -1.21. The fourth-order valence-electron chi connectivity index (χ4n) is 6.88. The maximum atomic E-state index is 12.3. The van der Waals surface area contributed by atoms with Gasteiger partial charge in [0.05, 0.1) is 6.61 Å². The fraction of sp³-hybridized carbons (Fsp3) is 0.818. The third kappa shape index (κ3) is 3.92. The van der Waals surface area contributed by atoms with Crippen molar-refractivity contribution < 1.29 is 26.9 Å². The van der Waals surface area contributed by atoms with Crippen LogP contribution < -0.4 is 0 Å². The number of hydrogen-bond acceptors (Lipinski definition) is 6. The van der Waals surface area contributed by atoms with Crippen molar-refractivity contribution in [2.45, 2.75) is 71.3 Å². The van der Waals surface area contributed by atoms with E-state index in [1.165, 1.54) is 5.57 Å². The molecule has 162 valence electrons. The minimum absolute atomic E-state index is 0.0189. The third-order valence-corrected chi connectivity index (χ3v) is 9.26. The van der Waals surface area contributed by atoms with Crippen LogP contribution >= 0.6 is 0 Å². The minimum Gasteiger partial charge on any atom is -0.461 e. The van der Waals surface area contributed by atoms with E-state index in [9.17, 15) is 18.0 Å². The summed E-state index contributed by atoms with van der Waals surface area (Å²) in [6, 6.07) is 0. The van der Waals surface area contributed by atoms with Gasteiger partial charge in [0.15, 0.2) is 11.5 Å². The highest BCUT2D eigenvalue weighted by Crippen LogP contribution is 2.62. The van der Waals surface area contributed by atoms with Crippen LogP contribution in [-0.2, 0) is 28.6 Å². The molecule has 0 spiro atoms. The van der Waals surface area contributed by atoms with Crippen LogP contribution in [-0.4, -0.2) is 38.6 Å². The van der Waals surface area contributed by atoms with Gasteiger partial charge in [-0.2, -0.15) is 8.42 Å². The molecule has 0 bridgehead atoms. The van der Waals surface area contributed by atoms with E-state index in [1.807, 2.05) is 6.08 Å². The smallest absolute Gasteiger partial charge is 0.323 e. The number of ketones is 1. The van der Waals surface area contributed by atoms with Gasteiger partial charge in [-0.1, -0.05) is 12.5 Å². The molecule has 0 aromatic rings. The van der Waals surface area contributed by atoms with E-state index in [1.54, 1.807) is 6.92 Å². The van der Waals surface area contributed by atoms with Crippen molar-refractivity contribution in [1.82, 2.24) is 0 Å². The van der Waals surface area contributed by atoms with Crippen molar-refractivity contribution in [2.24, 2.45) is 29.1 Å². The van der Waals surface area contributed by atoms with Crippen molar-refractivity contribution in [3.63, 3.8) is 0 Å². The zero-order valence-electron chi connectivity index (χ0n) is 17.4. The van der Waals surface area contributed by atoms with Crippen LogP contribution in [0, 0.1) is 29.1 Å². The molecule has 6 atom stereocenters. The van der Waals surface area contributed by atoms with E-state index in [0.717, 1.165) is 44.9 Å². The number of fused-ring (bicyclic) bond motifs is 5. The Morgan fingerprint density at radius 2 is 1.93 bits per heavy atom. The second kappa shape index (κ2) is 7.80. The largest absolute Gasteiger partial charge is 0.461 e. The first-order valence-electron chi connectivity index (χ1n) is 11.0. The molecule has 6 nitrogen and oxygen atoms in total. The molecular formula is C22H32O6S. The van der Waals surface area contributed by atoms with Crippen LogP contribution in [0.4, 0.5) is 0 Å². The van der Waals surface area contributed by atoms with Gasteiger partial charge in [0.1, 0.15) is 6.10 Å². The molecule has 0 N–H and O–H groups in total. The Morgan fingerprint density at radius 3 is 2.69 bits per heavy atom. The van der Waals surface area contributed by atoms with Crippen LogP contribution in [0.2, 0.25) is 0 Å². The minimum atomic E-state index is -3.87. The van der Waals surface area contributed by atoms with E-state index >= 15 is 0 Å². The quantitative estimate of drug-likeness (QED) is 0.497. The summed E-state index contributed by atoms with van der Waals surface area (Å²) in [4.78, 5) is 24.1. The van der Waals surface area contributed by atoms with Gasteiger partial charge in [-0.15, -0.1) is 0 Å². The van der Waals surface area contributed by atoms with E-state index in [0.29, 0.717) is 30.1 Å². The lowest BCUT2D eigenvalue weighted by Crippen LogP contribution is -2.48. The Kier molecular flexibility index (Phi) is 5.66. The molecule has 0 aromatic heterocycles. The molecule has 0 unspecified atom stereocenters. The molecule has 0 aliphatic heterocycles. The van der Waals surface area contributed by atoms with E-state index < -0.39 is 21.8 Å². The number of carbonyl (C=O) groups excluding carboxylic acids is 2. The van der Waals surface area contributed by atoms with Gasteiger partial charge in [-0.05, 0) is 81.6 Å². The summed E-state index contributed by atoms with van der Waals surface area (Å²) < 4.78 is 33.9. The molecule has 4 aliphatic carbocycles. The number of carbonyl (C=O) groups is 2. The zero-order valence-corrected chi connectivity index (χ0v) is 18.2. The Balaban J connectivity index is 1.45. The summed E-state index contributed by atoms with van der Waals surface area (Å²) in [5.74, 6) is 1.16. The first-order valence-corrected chi connectivity index (χ1v) is 12.6. The summed E-state index contributed by atoms with van der Waals surface area (Å²) in [7, 11) is -3.87. The molecule has 4 rings (SSSR count). The average Bonchev–Trinajstić information content (AvgIpc) is 2.97. The molecule has 4 aliphatic rings. The van der Waals surface area contributed by atoms with Gasteiger partial charge in [0.25, 0.3) is 10.1 Å². The molecule has 3 fully saturated rings. The van der Waals surface area contributed by atoms with Gasteiger partial charge < -0.3 is 4.74 Å². The van der Waals surface area contributed by atoms with Crippen LogP contribution in [0.25, 0.3) is 0 Å². The van der Waals surface area contributed by atoms with Gasteiger partial charge in [0.2, 0.25) is 0 Å². The lowest BCUT2D eigenvalue weighted by Gasteiger charge is -2.53. The average molecular weight is 425 g/mol. The van der Waals surface area contributed by atoms with E-state index in [2.05, 4.69) is 11.1 Å². The molecule has 0 radical (unpaired) electrons. The Morgan fingerprint density at radius 1 is 1.14 bits per heavy atom. The maximum Gasteiger partial charge on any atom is 0.323 e. The number of ether oxygens (including phenoxy) is 1. The molecule has 29 heavy (non-hydrogen) atoms. The standard InChI is InChI=1S/C22H32O6S/c1-3-27-29(25,26)13-21(24)28-20-9-8-19-18-6-4-14-12-15(23)5-7-16(14)17(18)10-11-22(19,20)2/h12,16-20H,3-11,13H2,1-2H3/t16-,17+,18+,19+,20+,22+/m0/s1. The van der Waals surface area contributed by atoms with Crippen LogP contribution in [0.3, 0.4) is 0 Å². The topological polar surface area (TPSA) is 86.7 Å². The molecule has 7 heteroatoms. The van der Waals surface area contributed by atoms with E-state index in [4.69, 9.17) is 4.74 Å². The molecular weight excluding hydrogens is 392 g/mol. The van der Waals surface area contributed by atoms with Gasteiger partial charge in [-0.3, -0.25) is 13.8 Å². The SMILES string of the molecule is CCOS(=O)(=O)CC(=O)O[C@@H]1CC[C@@H]2[C@@H]3CCC4=CC(=O)CC[C@@H]4[C@H]3CC[C@]21C.